The normalized spacial score (nSPS) is 13.2. The summed E-state index contributed by atoms with van der Waals surface area (Å²) in [6, 6.07) is 4.45. The SMILES string of the molecule is CCc1nn(C)cc1-c1ccc(C(N)C(C)C)s1. The van der Waals surface area contributed by atoms with Crippen molar-refractivity contribution in [3.8, 4) is 10.4 Å². The molecule has 2 rings (SSSR count). The molecule has 0 amide bonds. The van der Waals surface area contributed by atoms with E-state index in [9.17, 15) is 0 Å². The molecular weight excluding hydrogens is 242 g/mol. The van der Waals surface area contributed by atoms with Crippen LogP contribution >= 0.6 is 11.3 Å². The van der Waals surface area contributed by atoms with Crippen molar-refractivity contribution in [2.24, 2.45) is 18.7 Å². The van der Waals surface area contributed by atoms with E-state index in [2.05, 4.69) is 44.2 Å². The molecule has 0 aliphatic carbocycles. The van der Waals surface area contributed by atoms with Crippen molar-refractivity contribution in [2.45, 2.75) is 33.2 Å². The van der Waals surface area contributed by atoms with Crippen LogP contribution in [0.4, 0.5) is 0 Å². The third-order valence-corrected chi connectivity index (χ3v) is 4.40. The van der Waals surface area contributed by atoms with E-state index in [1.165, 1.54) is 15.3 Å². The van der Waals surface area contributed by atoms with E-state index in [1.54, 1.807) is 11.3 Å². The van der Waals surface area contributed by atoms with Gasteiger partial charge in [-0.15, -0.1) is 11.3 Å². The second-order valence-corrected chi connectivity index (χ2v) is 6.10. The highest BCUT2D eigenvalue weighted by Crippen LogP contribution is 2.34. The molecule has 0 saturated heterocycles. The zero-order valence-corrected chi connectivity index (χ0v) is 12.3. The first kappa shape index (κ1) is 13.3. The zero-order valence-electron chi connectivity index (χ0n) is 11.5. The van der Waals surface area contributed by atoms with E-state index >= 15 is 0 Å². The maximum absolute atomic E-state index is 6.19. The third kappa shape index (κ3) is 2.49. The van der Waals surface area contributed by atoms with Crippen LogP contribution in [-0.4, -0.2) is 9.78 Å². The summed E-state index contributed by atoms with van der Waals surface area (Å²) in [6.07, 6.45) is 3.05. The van der Waals surface area contributed by atoms with E-state index in [-0.39, 0.29) is 6.04 Å². The van der Waals surface area contributed by atoms with E-state index in [1.807, 2.05) is 11.7 Å². The lowest BCUT2D eigenvalue weighted by atomic mass is 10.0. The maximum atomic E-state index is 6.19. The van der Waals surface area contributed by atoms with Crippen molar-refractivity contribution in [3.05, 3.63) is 28.9 Å². The lowest BCUT2D eigenvalue weighted by Crippen LogP contribution is -2.14. The summed E-state index contributed by atoms with van der Waals surface area (Å²) >= 11 is 1.79. The molecule has 1 atom stereocenters. The molecule has 18 heavy (non-hydrogen) atoms. The Morgan fingerprint density at radius 3 is 2.72 bits per heavy atom. The number of hydrogen-bond donors (Lipinski definition) is 1. The largest absolute Gasteiger partial charge is 0.323 e. The average Bonchev–Trinajstić information content (AvgIpc) is 2.93. The van der Waals surface area contributed by atoms with E-state index in [4.69, 9.17) is 5.73 Å². The fourth-order valence-electron chi connectivity index (χ4n) is 2.01. The zero-order chi connectivity index (χ0) is 13.3. The number of nitrogens with zero attached hydrogens (tertiary/aromatic N) is 2. The quantitative estimate of drug-likeness (QED) is 0.919. The van der Waals surface area contributed by atoms with Gasteiger partial charge in [0.1, 0.15) is 0 Å². The topological polar surface area (TPSA) is 43.8 Å². The average molecular weight is 263 g/mol. The van der Waals surface area contributed by atoms with Crippen molar-refractivity contribution in [1.82, 2.24) is 9.78 Å². The van der Waals surface area contributed by atoms with Crippen LogP contribution in [0.25, 0.3) is 10.4 Å². The Hall–Kier alpha value is -1.13. The predicted octanol–water partition coefficient (Wildman–Crippen LogP) is 3.37. The number of hydrogen-bond acceptors (Lipinski definition) is 3. The summed E-state index contributed by atoms with van der Waals surface area (Å²) in [5, 5.41) is 4.49. The second kappa shape index (κ2) is 5.24. The van der Waals surface area contributed by atoms with Gasteiger partial charge in [-0.25, -0.2) is 0 Å². The molecule has 0 bridgehead atoms. The fraction of sp³-hybridized carbons (Fsp3) is 0.500. The molecule has 0 aliphatic heterocycles. The first-order valence-corrected chi connectivity index (χ1v) is 7.22. The summed E-state index contributed by atoms with van der Waals surface area (Å²) in [5.74, 6) is 0.469. The molecule has 0 spiro atoms. The highest BCUT2D eigenvalue weighted by molar-refractivity contribution is 7.15. The summed E-state index contributed by atoms with van der Waals surface area (Å²) < 4.78 is 1.88. The molecule has 0 saturated carbocycles. The Balaban J connectivity index is 2.34. The smallest absolute Gasteiger partial charge is 0.0708 e. The highest BCUT2D eigenvalue weighted by Gasteiger charge is 2.15. The lowest BCUT2D eigenvalue weighted by molar-refractivity contribution is 0.521. The minimum absolute atomic E-state index is 0.130. The van der Waals surface area contributed by atoms with Crippen molar-refractivity contribution < 1.29 is 0 Å². The molecule has 4 heteroatoms. The van der Waals surface area contributed by atoms with Crippen molar-refractivity contribution in [3.63, 3.8) is 0 Å². The molecule has 0 fully saturated rings. The minimum atomic E-state index is 0.130. The van der Waals surface area contributed by atoms with Crippen LogP contribution < -0.4 is 5.73 Å². The summed E-state index contributed by atoms with van der Waals surface area (Å²) in [7, 11) is 1.97. The number of aryl methyl sites for hydroxylation is 2. The van der Waals surface area contributed by atoms with Crippen LogP contribution in [0.15, 0.2) is 18.3 Å². The van der Waals surface area contributed by atoms with Crippen molar-refractivity contribution in [2.75, 3.05) is 0 Å². The van der Waals surface area contributed by atoms with Crippen LogP contribution in [0.3, 0.4) is 0 Å². The molecule has 3 nitrogen and oxygen atoms in total. The number of thiophene rings is 1. The number of rotatable bonds is 4. The molecule has 2 aromatic rings. The molecule has 2 heterocycles. The summed E-state index contributed by atoms with van der Waals surface area (Å²) in [6.45, 7) is 6.46. The standard InChI is InChI=1S/C14H21N3S/c1-5-11-10(8-17(4)16-11)12-6-7-13(18-12)14(15)9(2)3/h6-9,14H,5,15H2,1-4H3. The van der Waals surface area contributed by atoms with Crippen molar-refractivity contribution in [1.29, 1.82) is 0 Å². The molecule has 1 unspecified atom stereocenters. The van der Waals surface area contributed by atoms with E-state index in [0.29, 0.717) is 5.92 Å². The number of nitrogens with two attached hydrogens (primary N) is 1. The second-order valence-electron chi connectivity index (χ2n) is 4.99. The first-order valence-electron chi connectivity index (χ1n) is 6.41. The van der Waals surface area contributed by atoms with Crippen LogP contribution in [-0.2, 0) is 13.5 Å². The van der Waals surface area contributed by atoms with Crippen LogP contribution in [0.5, 0.6) is 0 Å². The first-order chi connectivity index (χ1) is 8.52. The summed E-state index contributed by atoms with van der Waals surface area (Å²) in [4.78, 5) is 2.52. The van der Waals surface area contributed by atoms with Crippen LogP contribution in [0, 0.1) is 5.92 Å². The van der Waals surface area contributed by atoms with Crippen molar-refractivity contribution >= 4 is 11.3 Å². The van der Waals surface area contributed by atoms with E-state index < -0.39 is 0 Å². The van der Waals surface area contributed by atoms with Gasteiger partial charge in [0, 0.05) is 34.6 Å². The van der Waals surface area contributed by atoms with Gasteiger partial charge < -0.3 is 5.73 Å². The molecule has 0 aliphatic rings. The maximum Gasteiger partial charge on any atom is 0.0708 e. The molecular formula is C14H21N3S. The van der Waals surface area contributed by atoms with Gasteiger partial charge in [0.15, 0.2) is 0 Å². The highest BCUT2D eigenvalue weighted by atomic mass is 32.1. The van der Waals surface area contributed by atoms with Gasteiger partial charge >= 0.3 is 0 Å². The predicted molar refractivity (Wildman–Crippen MR) is 77.7 cm³/mol. The Bertz CT molecular complexity index is 525. The van der Waals surface area contributed by atoms with Crippen LogP contribution in [0.2, 0.25) is 0 Å². The minimum Gasteiger partial charge on any atom is -0.323 e. The molecule has 0 radical (unpaired) electrons. The molecule has 2 N–H and O–H groups in total. The van der Waals surface area contributed by atoms with Gasteiger partial charge in [-0.1, -0.05) is 20.8 Å². The van der Waals surface area contributed by atoms with Gasteiger partial charge in [0.05, 0.1) is 5.69 Å². The van der Waals surface area contributed by atoms with Gasteiger partial charge in [-0.05, 0) is 24.5 Å². The third-order valence-electron chi connectivity index (χ3n) is 3.18. The van der Waals surface area contributed by atoms with Gasteiger partial charge in [-0.3, -0.25) is 4.68 Å². The molecule has 0 aromatic carbocycles. The van der Waals surface area contributed by atoms with Gasteiger partial charge in [-0.2, -0.15) is 5.10 Å². The summed E-state index contributed by atoms with van der Waals surface area (Å²) in [5.41, 5.74) is 8.59. The molecule has 2 aromatic heterocycles. The lowest BCUT2D eigenvalue weighted by Gasteiger charge is -2.12. The van der Waals surface area contributed by atoms with E-state index in [0.717, 1.165) is 12.1 Å². The number of aromatic nitrogens is 2. The Labute approximate surface area is 113 Å². The van der Waals surface area contributed by atoms with Gasteiger partial charge in [0.2, 0.25) is 0 Å². The Morgan fingerprint density at radius 2 is 2.11 bits per heavy atom. The Kier molecular flexibility index (Phi) is 3.88. The van der Waals surface area contributed by atoms with Gasteiger partial charge in [0.25, 0.3) is 0 Å². The fourth-order valence-corrected chi connectivity index (χ4v) is 3.22. The monoisotopic (exact) mass is 263 g/mol. The Morgan fingerprint density at radius 1 is 1.39 bits per heavy atom. The van der Waals surface area contributed by atoms with Crippen LogP contribution in [0.1, 0.15) is 37.4 Å². The molecule has 98 valence electrons.